The van der Waals surface area contributed by atoms with E-state index in [2.05, 4.69) is 66.7 Å². The van der Waals surface area contributed by atoms with Gasteiger partial charge in [0.05, 0.1) is 0 Å². The minimum Gasteiger partial charge on any atom is -0.369 e. The third kappa shape index (κ3) is 6.80. The molecule has 3 heteroatoms. The van der Waals surface area contributed by atoms with Gasteiger partial charge in [-0.3, -0.25) is 4.90 Å². The first-order chi connectivity index (χ1) is 12.9. The summed E-state index contributed by atoms with van der Waals surface area (Å²) in [5.74, 6) is 0.904. The maximum Gasteiger partial charge on any atom is 0.0367 e. The van der Waals surface area contributed by atoms with Gasteiger partial charge in [0.15, 0.2) is 0 Å². The van der Waals surface area contributed by atoms with Crippen LogP contribution in [0.5, 0.6) is 0 Å². The maximum atomic E-state index is 2.69. The minimum atomic E-state index is 0.485. The SMILES string of the molecule is CC.Cc1ccc(N2CCN(CCN3CCC(C(C)(C)C)CC3)CC2)cc1. The Morgan fingerprint density at radius 2 is 1.26 bits per heavy atom. The number of aryl methyl sites for hydroxylation is 1. The lowest BCUT2D eigenvalue weighted by Crippen LogP contribution is -2.49. The van der Waals surface area contributed by atoms with Gasteiger partial charge < -0.3 is 9.80 Å². The Hall–Kier alpha value is -1.06. The number of benzene rings is 1. The van der Waals surface area contributed by atoms with Gasteiger partial charge in [0.1, 0.15) is 0 Å². The molecule has 154 valence electrons. The summed E-state index contributed by atoms with van der Waals surface area (Å²) in [7, 11) is 0. The molecule has 3 rings (SSSR count). The molecule has 27 heavy (non-hydrogen) atoms. The van der Waals surface area contributed by atoms with Gasteiger partial charge in [-0.2, -0.15) is 0 Å². The van der Waals surface area contributed by atoms with E-state index < -0.39 is 0 Å². The summed E-state index contributed by atoms with van der Waals surface area (Å²) in [4.78, 5) is 7.87. The molecule has 1 aromatic carbocycles. The van der Waals surface area contributed by atoms with Crippen LogP contribution < -0.4 is 4.90 Å². The van der Waals surface area contributed by atoms with Crippen molar-refractivity contribution in [1.82, 2.24) is 9.80 Å². The standard InChI is InChI=1S/C22H37N3.C2H6/c1-19-5-7-21(8-6-19)25-17-15-24(16-18-25)14-13-23-11-9-20(10-12-23)22(2,3)4;1-2/h5-8,20H,9-18H2,1-4H3;1-2H3. The molecule has 0 bridgehead atoms. The molecule has 0 spiro atoms. The quantitative estimate of drug-likeness (QED) is 0.743. The molecule has 2 aliphatic heterocycles. The molecule has 0 aliphatic carbocycles. The van der Waals surface area contributed by atoms with Gasteiger partial charge in [-0.15, -0.1) is 0 Å². The van der Waals surface area contributed by atoms with Crippen LogP contribution in [0.15, 0.2) is 24.3 Å². The summed E-state index contributed by atoms with van der Waals surface area (Å²) >= 11 is 0. The van der Waals surface area contributed by atoms with Crippen molar-refractivity contribution in [3.05, 3.63) is 29.8 Å². The van der Waals surface area contributed by atoms with Crippen LogP contribution in [-0.2, 0) is 0 Å². The topological polar surface area (TPSA) is 9.72 Å². The van der Waals surface area contributed by atoms with Gasteiger partial charge in [0, 0.05) is 45.0 Å². The van der Waals surface area contributed by atoms with Crippen LogP contribution in [0, 0.1) is 18.3 Å². The van der Waals surface area contributed by atoms with Crippen molar-refractivity contribution in [1.29, 1.82) is 0 Å². The molecule has 0 atom stereocenters. The molecular weight excluding hydrogens is 330 g/mol. The highest BCUT2D eigenvalue weighted by atomic mass is 15.3. The first kappa shape index (κ1) is 22.2. The number of nitrogens with zero attached hydrogens (tertiary/aromatic N) is 3. The molecule has 2 saturated heterocycles. The fraction of sp³-hybridized carbons (Fsp3) is 0.750. The lowest BCUT2D eigenvalue weighted by molar-refractivity contribution is 0.101. The first-order valence-electron chi connectivity index (χ1n) is 11.2. The van der Waals surface area contributed by atoms with Gasteiger partial charge in [-0.1, -0.05) is 52.3 Å². The summed E-state index contributed by atoms with van der Waals surface area (Å²) in [6, 6.07) is 8.99. The monoisotopic (exact) mass is 373 g/mol. The molecule has 2 fully saturated rings. The fourth-order valence-electron chi connectivity index (χ4n) is 4.29. The summed E-state index contributed by atoms with van der Waals surface area (Å²) in [6.07, 6.45) is 2.76. The van der Waals surface area contributed by atoms with Crippen LogP contribution in [-0.4, -0.2) is 62.2 Å². The van der Waals surface area contributed by atoms with Crippen LogP contribution in [0.3, 0.4) is 0 Å². The van der Waals surface area contributed by atoms with Crippen molar-refractivity contribution in [2.45, 2.75) is 54.4 Å². The van der Waals surface area contributed by atoms with Crippen LogP contribution >= 0.6 is 0 Å². The van der Waals surface area contributed by atoms with E-state index in [-0.39, 0.29) is 0 Å². The number of anilines is 1. The van der Waals surface area contributed by atoms with E-state index in [0.717, 1.165) is 19.0 Å². The molecule has 0 radical (unpaired) electrons. The summed E-state index contributed by atoms with van der Waals surface area (Å²) in [6.45, 7) is 23.2. The summed E-state index contributed by atoms with van der Waals surface area (Å²) < 4.78 is 0. The number of hydrogen-bond acceptors (Lipinski definition) is 3. The highest BCUT2D eigenvalue weighted by Crippen LogP contribution is 2.34. The number of likely N-dealkylation sites (tertiary alicyclic amines) is 1. The Kier molecular flexibility index (Phi) is 8.62. The van der Waals surface area contributed by atoms with Gasteiger partial charge in [-0.25, -0.2) is 0 Å². The van der Waals surface area contributed by atoms with Crippen molar-refractivity contribution in [2.24, 2.45) is 11.3 Å². The zero-order chi connectivity index (χ0) is 19.9. The molecule has 2 aliphatic rings. The fourth-order valence-corrected chi connectivity index (χ4v) is 4.29. The largest absolute Gasteiger partial charge is 0.369 e. The smallest absolute Gasteiger partial charge is 0.0367 e. The highest BCUT2D eigenvalue weighted by molar-refractivity contribution is 5.47. The second kappa shape index (κ2) is 10.5. The van der Waals surface area contributed by atoms with Crippen molar-refractivity contribution >= 4 is 5.69 Å². The molecule has 0 aromatic heterocycles. The second-order valence-electron chi connectivity index (χ2n) is 9.15. The molecule has 0 saturated carbocycles. The van der Waals surface area contributed by atoms with E-state index >= 15 is 0 Å². The van der Waals surface area contributed by atoms with Gasteiger partial charge in [0.2, 0.25) is 0 Å². The maximum absolute atomic E-state index is 2.69. The Bertz CT molecular complexity index is 516. The van der Waals surface area contributed by atoms with Crippen LogP contribution in [0.4, 0.5) is 5.69 Å². The Balaban J connectivity index is 0.00000126. The number of piperidine rings is 1. The zero-order valence-corrected chi connectivity index (χ0v) is 18.8. The molecule has 0 unspecified atom stereocenters. The van der Waals surface area contributed by atoms with E-state index in [1.807, 2.05) is 13.8 Å². The van der Waals surface area contributed by atoms with Crippen molar-refractivity contribution in [3.8, 4) is 0 Å². The molecule has 0 N–H and O–H groups in total. The van der Waals surface area contributed by atoms with Gasteiger partial charge in [-0.05, 0) is 56.3 Å². The predicted octanol–water partition coefficient (Wildman–Crippen LogP) is 4.90. The van der Waals surface area contributed by atoms with Crippen LogP contribution in [0.2, 0.25) is 0 Å². The van der Waals surface area contributed by atoms with Crippen LogP contribution in [0.25, 0.3) is 0 Å². The third-order valence-corrected chi connectivity index (χ3v) is 6.32. The lowest BCUT2D eigenvalue weighted by atomic mass is 9.75. The van der Waals surface area contributed by atoms with E-state index in [0.29, 0.717) is 5.41 Å². The van der Waals surface area contributed by atoms with Crippen molar-refractivity contribution in [3.63, 3.8) is 0 Å². The lowest BCUT2D eigenvalue weighted by Gasteiger charge is -2.40. The van der Waals surface area contributed by atoms with Gasteiger partial charge in [0.25, 0.3) is 0 Å². The van der Waals surface area contributed by atoms with Crippen molar-refractivity contribution in [2.75, 3.05) is 57.3 Å². The third-order valence-electron chi connectivity index (χ3n) is 6.32. The second-order valence-corrected chi connectivity index (χ2v) is 9.15. The Morgan fingerprint density at radius 3 is 1.74 bits per heavy atom. The van der Waals surface area contributed by atoms with E-state index in [1.165, 1.54) is 63.4 Å². The molecular formula is C24H43N3. The Labute approximate surface area is 168 Å². The molecule has 3 nitrogen and oxygen atoms in total. The average Bonchev–Trinajstić information content (AvgIpc) is 2.69. The molecule has 0 amide bonds. The van der Waals surface area contributed by atoms with Crippen molar-refractivity contribution < 1.29 is 0 Å². The summed E-state index contributed by atoms with van der Waals surface area (Å²) in [5.41, 5.74) is 3.21. The average molecular weight is 374 g/mol. The Morgan fingerprint density at radius 1 is 0.778 bits per heavy atom. The van der Waals surface area contributed by atoms with Gasteiger partial charge >= 0.3 is 0 Å². The van der Waals surface area contributed by atoms with E-state index in [4.69, 9.17) is 0 Å². The first-order valence-corrected chi connectivity index (χ1v) is 11.2. The number of rotatable bonds is 4. The van der Waals surface area contributed by atoms with E-state index in [1.54, 1.807) is 0 Å². The van der Waals surface area contributed by atoms with E-state index in [9.17, 15) is 0 Å². The predicted molar refractivity (Wildman–Crippen MR) is 120 cm³/mol. The minimum absolute atomic E-state index is 0.485. The molecule has 1 aromatic rings. The molecule has 2 heterocycles. The number of piperazine rings is 1. The number of hydrogen-bond donors (Lipinski definition) is 0. The van der Waals surface area contributed by atoms with Crippen LogP contribution in [0.1, 0.15) is 53.0 Å². The summed E-state index contributed by atoms with van der Waals surface area (Å²) in [5, 5.41) is 0. The zero-order valence-electron chi connectivity index (χ0n) is 18.8. The normalized spacial score (nSPS) is 20.3. The highest BCUT2D eigenvalue weighted by Gasteiger charge is 2.28.